The normalized spacial score (nSPS) is 12.5. The van der Waals surface area contributed by atoms with E-state index in [1.165, 1.54) is 0 Å². The summed E-state index contributed by atoms with van der Waals surface area (Å²) in [5.41, 5.74) is 6.91. The summed E-state index contributed by atoms with van der Waals surface area (Å²) in [6, 6.07) is 35.2. The number of benzene rings is 5. The zero-order valence-corrected chi connectivity index (χ0v) is 30.1. The first-order chi connectivity index (χ1) is 24.5. The number of rotatable bonds is 16. The maximum atomic E-state index is 12.8. The SMILES string of the molecule is Cc1cc(-c2cccc(C(=O)OCc3ccccc3)c2)cc(C)c1OCCN[C@@H](C)[C@@H](O)c1ccc(OCc2ccccc2)c(NS(C)(=O)=O)c1. The highest BCUT2D eigenvalue weighted by Gasteiger charge is 2.20. The zero-order chi connectivity index (χ0) is 36.4. The molecule has 10 heteroatoms. The van der Waals surface area contributed by atoms with Crippen molar-refractivity contribution in [2.24, 2.45) is 0 Å². The number of esters is 1. The van der Waals surface area contributed by atoms with Gasteiger partial charge in [0, 0.05) is 12.6 Å². The van der Waals surface area contributed by atoms with Crippen molar-refractivity contribution in [1.82, 2.24) is 5.32 Å². The summed E-state index contributed by atoms with van der Waals surface area (Å²) < 4.78 is 44.3. The van der Waals surface area contributed by atoms with Gasteiger partial charge in [0.25, 0.3) is 0 Å². The lowest BCUT2D eigenvalue weighted by Crippen LogP contribution is -2.35. The number of ether oxygens (including phenoxy) is 3. The van der Waals surface area contributed by atoms with Gasteiger partial charge in [0.05, 0.1) is 23.6 Å². The highest BCUT2D eigenvalue weighted by atomic mass is 32.2. The summed E-state index contributed by atoms with van der Waals surface area (Å²) in [5, 5.41) is 14.4. The van der Waals surface area contributed by atoms with E-state index in [9.17, 15) is 18.3 Å². The lowest BCUT2D eigenvalue weighted by molar-refractivity contribution is 0.0472. The smallest absolute Gasteiger partial charge is 0.338 e. The van der Waals surface area contributed by atoms with E-state index in [0.717, 1.165) is 45.4 Å². The number of carbonyl (C=O) groups is 1. The quantitative estimate of drug-likeness (QED) is 0.0718. The van der Waals surface area contributed by atoms with E-state index in [4.69, 9.17) is 14.2 Å². The largest absolute Gasteiger partial charge is 0.492 e. The molecular weight excluding hydrogens is 665 g/mol. The Morgan fingerprint density at radius 1 is 0.765 bits per heavy atom. The Balaban J connectivity index is 1.16. The number of sulfonamides is 1. The van der Waals surface area contributed by atoms with E-state index in [1.807, 2.05) is 112 Å². The molecule has 5 aromatic rings. The first kappa shape index (κ1) is 37.1. The molecule has 0 unspecified atom stereocenters. The lowest BCUT2D eigenvalue weighted by atomic mass is 9.98. The number of aryl methyl sites for hydroxylation is 2. The predicted molar refractivity (Wildman–Crippen MR) is 201 cm³/mol. The van der Waals surface area contributed by atoms with Gasteiger partial charge in [-0.2, -0.15) is 0 Å². The van der Waals surface area contributed by atoms with E-state index in [-0.39, 0.29) is 30.9 Å². The van der Waals surface area contributed by atoms with Gasteiger partial charge in [0.1, 0.15) is 31.3 Å². The first-order valence-corrected chi connectivity index (χ1v) is 18.6. The summed E-state index contributed by atoms with van der Waals surface area (Å²) in [5.74, 6) is 0.756. The molecule has 5 aromatic carbocycles. The Hall–Kier alpha value is -5.16. The van der Waals surface area contributed by atoms with Crippen LogP contribution in [0.15, 0.2) is 115 Å². The summed E-state index contributed by atoms with van der Waals surface area (Å²) in [6.45, 7) is 7.11. The second kappa shape index (κ2) is 17.2. The molecule has 0 aliphatic carbocycles. The second-order valence-electron chi connectivity index (χ2n) is 12.5. The van der Waals surface area contributed by atoms with Crippen LogP contribution >= 0.6 is 0 Å². The number of nitrogens with one attached hydrogen (secondary N) is 2. The number of carbonyl (C=O) groups excluding carboxylic acids is 1. The molecule has 0 aliphatic heterocycles. The van der Waals surface area contributed by atoms with Crippen LogP contribution in [0.1, 0.15) is 51.2 Å². The molecule has 0 saturated carbocycles. The van der Waals surface area contributed by atoms with Crippen molar-refractivity contribution in [3.63, 3.8) is 0 Å². The molecular formula is C41H44N2O7S. The third-order valence-electron chi connectivity index (χ3n) is 8.27. The van der Waals surface area contributed by atoms with Gasteiger partial charge in [-0.3, -0.25) is 4.72 Å². The number of hydrogen-bond donors (Lipinski definition) is 3. The molecule has 0 amide bonds. The minimum absolute atomic E-state index is 0.211. The van der Waals surface area contributed by atoms with Crippen molar-refractivity contribution in [3.8, 4) is 22.6 Å². The standard InChI is InChI=1S/C41H44N2O7S/c1-28-22-36(33-16-11-17-35(24-33)41(45)50-27-32-14-9-6-10-15-32)23-29(2)40(28)48-21-20-42-30(3)39(44)34-18-19-38(37(25-34)43-51(4,46)47)49-26-31-12-7-5-8-13-31/h5-19,22-25,30,39,42-44H,20-21,26-27H2,1-4H3/t30-,39+/m0/s1. The highest BCUT2D eigenvalue weighted by molar-refractivity contribution is 7.92. The molecule has 0 fully saturated rings. The van der Waals surface area contributed by atoms with E-state index < -0.39 is 16.1 Å². The molecule has 266 valence electrons. The molecule has 0 saturated heterocycles. The van der Waals surface area contributed by atoms with Crippen molar-refractivity contribution in [2.45, 2.75) is 46.1 Å². The third kappa shape index (κ3) is 10.7. The average Bonchev–Trinajstić information content (AvgIpc) is 3.12. The molecule has 3 N–H and O–H groups in total. The summed E-state index contributed by atoms with van der Waals surface area (Å²) >= 11 is 0. The fourth-order valence-electron chi connectivity index (χ4n) is 5.69. The van der Waals surface area contributed by atoms with Crippen LogP contribution in [0.4, 0.5) is 5.69 Å². The Kier molecular flexibility index (Phi) is 12.5. The van der Waals surface area contributed by atoms with Gasteiger partial charge in [0.15, 0.2) is 0 Å². The van der Waals surface area contributed by atoms with Gasteiger partial charge < -0.3 is 24.6 Å². The van der Waals surface area contributed by atoms with Crippen LogP contribution in [0, 0.1) is 13.8 Å². The van der Waals surface area contributed by atoms with Gasteiger partial charge in [0.2, 0.25) is 10.0 Å². The Bertz CT molecular complexity index is 2010. The molecule has 0 aromatic heterocycles. The molecule has 5 rings (SSSR count). The Labute approximate surface area is 300 Å². The summed E-state index contributed by atoms with van der Waals surface area (Å²) in [4.78, 5) is 12.8. The van der Waals surface area contributed by atoms with Crippen molar-refractivity contribution in [1.29, 1.82) is 0 Å². The first-order valence-electron chi connectivity index (χ1n) is 16.7. The molecule has 0 spiro atoms. The maximum Gasteiger partial charge on any atom is 0.338 e. The lowest BCUT2D eigenvalue weighted by Gasteiger charge is -2.23. The molecule has 0 aliphatic rings. The van der Waals surface area contributed by atoms with Crippen molar-refractivity contribution >= 4 is 21.7 Å². The minimum Gasteiger partial charge on any atom is -0.492 e. The van der Waals surface area contributed by atoms with Crippen molar-refractivity contribution in [2.75, 3.05) is 24.1 Å². The summed E-state index contributed by atoms with van der Waals surface area (Å²) in [6.07, 6.45) is 0.144. The van der Waals surface area contributed by atoms with E-state index >= 15 is 0 Å². The van der Waals surface area contributed by atoms with Crippen molar-refractivity contribution in [3.05, 3.63) is 149 Å². The van der Waals surface area contributed by atoms with Crippen LogP contribution < -0.4 is 19.5 Å². The maximum absolute atomic E-state index is 12.8. The Morgan fingerprint density at radius 3 is 2.06 bits per heavy atom. The Morgan fingerprint density at radius 2 is 1.41 bits per heavy atom. The summed E-state index contributed by atoms with van der Waals surface area (Å²) in [7, 11) is -3.59. The average molecular weight is 709 g/mol. The van der Waals surface area contributed by atoms with E-state index in [1.54, 1.807) is 24.3 Å². The van der Waals surface area contributed by atoms with Crippen LogP contribution in [0.3, 0.4) is 0 Å². The topological polar surface area (TPSA) is 123 Å². The van der Waals surface area contributed by atoms with Gasteiger partial charge in [-0.25, -0.2) is 13.2 Å². The minimum atomic E-state index is -3.59. The molecule has 0 radical (unpaired) electrons. The van der Waals surface area contributed by atoms with Crippen LogP contribution in [0.2, 0.25) is 0 Å². The van der Waals surface area contributed by atoms with Crippen LogP contribution in [0.5, 0.6) is 11.5 Å². The number of aliphatic hydroxyl groups is 1. The highest BCUT2D eigenvalue weighted by Crippen LogP contribution is 2.32. The van der Waals surface area contributed by atoms with Crippen LogP contribution in [-0.2, 0) is 28.0 Å². The van der Waals surface area contributed by atoms with Gasteiger partial charge in [-0.1, -0.05) is 78.9 Å². The molecule has 2 atom stereocenters. The molecule has 0 bridgehead atoms. The van der Waals surface area contributed by atoms with E-state index in [2.05, 4.69) is 10.0 Å². The number of aliphatic hydroxyl groups excluding tert-OH is 1. The van der Waals surface area contributed by atoms with E-state index in [0.29, 0.717) is 30.0 Å². The fourth-order valence-corrected chi connectivity index (χ4v) is 6.25. The van der Waals surface area contributed by atoms with Gasteiger partial charge >= 0.3 is 5.97 Å². The zero-order valence-electron chi connectivity index (χ0n) is 29.3. The second-order valence-corrected chi connectivity index (χ2v) is 14.3. The molecule has 9 nitrogen and oxygen atoms in total. The van der Waals surface area contributed by atoms with Crippen LogP contribution in [-0.4, -0.2) is 44.9 Å². The fraction of sp³-hybridized carbons (Fsp3) is 0.244. The predicted octanol–water partition coefficient (Wildman–Crippen LogP) is 7.37. The van der Waals surface area contributed by atoms with Gasteiger partial charge in [-0.05, 0) is 96.1 Å². The third-order valence-corrected chi connectivity index (χ3v) is 8.86. The monoisotopic (exact) mass is 708 g/mol. The van der Waals surface area contributed by atoms with Gasteiger partial charge in [-0.15, -0.1) is 0 Å². The van der Waals surface area contributed by atoms with Crippen molar-refractivity contribution < 1.29 is 32.5 Å². The molecule has 0 heterocycles. The van der Waals surface area contributed by atoms with Crippen LogP contribution in [0.25, 0.3) is 11.1 Å². The molecule has 51 heavy (non-hydrogen) atoms. The number of anilines is 1. The number of hydrogen-bond acceptors (Lipinski definition) is 8.